The third kappa shape index (κ3) is 12700. The minimum atomic E-state index is -1.83. The molecular weight excluding hydrogens is 84.3 g/mol. The van der Waals surface area contributed by atoms with Gasteiger partial charge in [0.25, 0.3) is 0 Å². The van der Waals surface area contributed by atoms with Gasteiger partial charge in [0, 0.05) is 0 Å². The van der Waals surface area contributed by atoms with Crippen LogP contribution in [0, 0.1) is 0 Å². The molecular formula is CH5MgO3+. The first-order valence-corrected chi connectivity index (χ1v) is 0.651. The number of hydrogen-bond donors (Lipinski definition) is 2. The van der Waals surface area contributed by atoms with Crippen LogP contribution in [-0.2, 0) is 0 Å². The SMILES string of the molecule is O=C(O)O.[H+].[H-].[H-].[Mg+2]. The molecule has 0 aliphatic rings. The van der Waals surface area contributed by atoms with Gasteiger partial charge in [-0.3, -0.25) is 0 Å². The maximum atomic E-state index is 8.56. The zero-order chi connectivity index (χ0) is 3.58. The van der Waals surface area contributed by atoms with Crippen molar-refractivity contribution < 1.29 is 19.3 Å². The van der Waals surface area contributed by atoms with Crippen molar-refractivity contribution in [3.8, 4) is 0 Å². The molecule has 0 saturated carbocycles. The summed E-state index contributed by atoms with van der Waals surface area (Å²) >= 11 is 0. The predicted molar refractivity (Wildman–Crippen MR) is 19.7 cm³/mol. The van der Waals surface area contributed by atoms with E-state index in [0.29, 0.717) is 0 Å². The van der Waals surface area contributed by atoms with Gasteiger partial charge in [0.15, 0.2) is 0 Å². The normalized spacial score (nSPS) is 4.80. The van der Waals surface area contributed by atoms with Crippen LogP contribution in [0.15, 0.2) is 0 Å². The van der Waals surface area contributed by atoms with E-state index in [1.54, 1.807) is 0 Å². The van der Waals surface area contributed by atoms with Gasteiger partial charge in [-0.15, -0.1) is 0 Å². The van der Waals surface area contributed by atoms with Gasteiger partial charge >= 0.3 is 30.6 Å². The Labute approximate surface area is 49.2 Å². The first kappa shape index (κ1) is 8.90. The van der Waals surface area contributed by atoms with Crippen molar-refractivity contribution in [2.45, 2.75) is 0 Å². The van der Waals surface area contributed by atoms with Gasteiger partial charge in [-0.2, -0.15) is 0 Å². The van der Waals surface area contributed by atoms with E-state index in [2.05, 4.69) is 0 Å². The fourth-order valence-electron chi connectivity index (χ4n) is 0. The molecule has 0 aromatic heterocycles. The van der Waals surface area contributed by atoms with Crippen molar-refractivity contribution in [2.75, 3.05) is 0 Å². The Bertz CT molecular complexity index is 37.5. The van der Waals surface area contributed by atoms with E-state index in [1.807, 2.05) is 0 Å². The number of hydrogen-bond acceptors (Lipinski definition) is 1. The molecule has 0 unspecified atom stereocenters. The monoisotopic (exact) mass is 89.0 g/mol. The van der Waals surface area contributed by atoms with Crippen LogP contribution in [0.25, 0.3) is 0 Å². The summed E-state index contributed by atoms with van der Waals surface area (Å²) in [4.78, 5) is 8.56. The van der Waals surface area contributed by atoms with Crippen molar-refractivity contribution >= 4 is 29.2 Å². The zero-order valence-electron chi connectivity index (χ0n) is 5.51. The van der Waals surface area contributed by atoms with Crippen LogP contribution in [0.5, 0.6) is 0 Å². The topological polar surface area (TPSA) is 57.5 Å². The summed E-state index contributed by atoms with van der Waals surface area (Å²) < 4.78 is 0. The fraction of sp³-hybridized carbons (Fsp3) is 0. The molecule has 0 aliphatic carbocycles. The summed E-state index contributed by atoms with van der Waals surface area (Å²) in [6.07, 6.45) is -1.83. The van der Waals surface area contributed by atoms with Crippen molar-refractivity contribution in [2.24, 2.45) is 0 Å². The second kappa shape index (κ2) is 4.04. The third-order valence-electron chi connectivity index (χ3n) is 0. The van der Waals surface area contributed by atoms with Gasteiger partial charge in [0.05, 0.1) is 0 Å². The molecule has 0 fully saturated rings. The molecule has 28 valence electrons. The Kier molecular flexibility index (Phi) is 7.18. The minimum Gasteiger partial charge on any atom is -1.00 e. The molecule has 0 aromatic carbocycles. The first-order valence-electron chi connectivity index (χ1n) is 0.651. The van der Waals surface area contributed by atoms with Crippen LogP contribution in [0.1, 0.15) is 4.28 Å². The smallest absolute Gasteiger partial charge is 1.00 e. The maximum Gasteiger partial charge on any atom is 2.00 e. The molecule has 0 atom stereocenters. The van der Waals surface area contributed by atoms with Crippen LogP contribution >= 0.6 is 0 Å². The quantitative estimate of drug-likeness (QED) is 0.416. The van der Waals surface area contributed by atoms with E-state index in [9.17, 15) is 0 Å². The van der Waals surface area contributed by atoms with Crippen LogP contribution in [0.4, 0.5) is 4.79 Å². The van der Waals surface area contributed by atoms with E-state index < -0.39 is 6.16 Å². The van der Waals surface area contributed by atoms with Gasteiger partial charge in [-0.1, -0.05) is 0 Å². The summed E-state index contributed by atoms with van der Waals surface area (Å²) in [7, 11) is 0. The fourth-order valence-corrected chi connectivity index (χ4v) is 0. The van der Waals surface area contributed by atoms with Crippen molar-refractivity contribution in [3.63, 3.8) is 0 Å². The summed E-state index contributed by atoms with van der Waals surface area (Å²) in [6, 6.07) is 0. The summed E-state index contributed by atoms with van der Waals surface area (Å²) in [5.41, 5.74) is 0. The average Bonchev–Trinajstić information content (AvgIpc) is 0.811. The Morgan fingerprint density at radius 1 is 1.80 bits per heavy atom. The maximum absolute atomic E-state index is 8.56. The standard InChI is InChI=1S/CH2O3.Mg.2H/c2-1(3)4;;;/h(H2,2,3,4);;;/q;+2;2*-1/p+1. The molecule has 0 amide bonds. The molecule has 5 heavy (non-hydrogen) atoms. The van der Waals surface area contributed by atoms with Crippen LogP contribution in [0.2, 0.25) is 0 Å². The summed E-state index contributed by atoms with van der Waals surface area (Å²) in [5, 5.41) is 13.9. The Morgan fingerprint density at radius 3 is 1.80 bits per heavy atom. The number of rotatable bonds is 0. The van der Waals surface area contributed by atoms with Gasteiger partial charge in [-0.05, 0) is 0 Å². The summed E-state index contributed by atoms with van der Waals surface area (Å²) in [5.74, 6) is 0. The molecule has 0 spiro atoms. The predicted octanol–water partition coefficient (Wildman–Crippen LogP) is 0.179. The van der Waals surface area contributed by atoms with Crippen molar-refractivity contribution in [1.82, 2.24) is 0 Å². The molecule has 0 rings (SSSR count). The van der Waals surface area contributed by atoms with Gasteiger partial charge in [0.2, 0.25) is 0 Å². The largest absolute Gasteiger partial charge is 2.00 e. The third-order valence-corrected chi connectivity index (χ3v) is 0. The molecule has 0 heterocycles. The Hall–Kier alpha value is 0.0362. The van der Waals surface area contributed by atoms with E-state index in [4.69, 9.17) is 15.0 Å². The molecule has 0 aliphatic heterocycles. The van der Waals surface area contributed by atoms with Gasteiger partial charge < -0.3 is 13.1 Å². The first-order chi connectivity index (χ1) is 1.73. The molecule has 2 N–H and O–H groups in total. The number of carbonyl (C=O) groups is 1. The van der Waals surface area contributed by atoms with E-state index in [0.717, 1.165) is 0 Å². The Balaban J connectivity index is -0.00000000750. The number of carboxylic acid groups (broad SMARTS) is 2. The van der Waals surface area contributed by atoms with E-state index in [1.165, 1.54) is 0 Å². The molecule has 0 radical (unpaired) electrons. The Morgan fingerprint density at radius 2 is 1.80 bits per heavy atom. The molecule has 0 bridgehead atoms. The second-order valence-electron chi connectivity index (χ2n) is 0.283. The summed E-state index contributed by atoms with van der Waals surface area (Å²) in [6.45, 7) is 0. The van der Waals surface area contributed by atoms with Crippen molar-refractivity contribution in [3.05, 3.63) is 0 Å². The van der Waals surface area contributed by atoms with Crippen LogP contribution in [-0.4, -0.2) is 39.4 Å². The van der Waals surface area contributed by atoms with Crippen LogP contribution < -0.4 is 0 Å². The minimum absolute atomic E-state index is 0. The van der Waals surface area contributed by atoms with E-state index in [-0.39, 0.29) is 27.3 Å². The average molecular weight is 89.4 g/mol. The second-order valence-corrected chi connectivity index (χ2v) is 0.283. The molecule has 4 heteroatoms. The van der Waals surface area contributed by atoms with E-state index >= 15 is 0 Å². The molecule has 3 nitrogen and oxygen atoms in total. The van der Waals surface area contributed by atoms with Gasteiger partial charge in [-0.25, -0.2) is 4.79 Å². The molecule has 0 aromatic rings. The zero-order valence-corrected chi connectivity index (χ0v) is 3.92. The van der Waals surface area contributed by atoms with Gasteiger partial charge in [0.1, 0.15) is 0 Å². The molecule has 0 saturated heterocycles. The van der Waals surface area contributed by atoms with Crippen molar-refractivity contribution in [1.29, 1.82) is 0 Å². The van der Waals surface area contributed by atoms with Crippen LogP contribution in [0.3, 0.4) is 0 Å².